The number of pyridine rings is 1. The van der Waals surface area contributed by atoms with Crippen LogP contribution in [0, 0.1) is 0 Å². The first-order chi connectivity index (χ1) is 14.0. The maximum absolute atomic E-state index is 12.5. The van der Waals surface area contributed by atoms with Gasteiger partial charge in [0.2, 0.25) is 0 Å². The summed E-state index contributed by atoms with van der Waals surface area (Å²) >= 11 is 0. The summed E-state index contributed by atoms with van der Waals surface area (Å²) < 4.78 is 23.0. The SMILES string of the molecule is O=C(c1ccc(NCCCc2c[nH]c3ccccc23)nc1)N1CCS(=O)(=O)CC1. The third-order valence-corrected chi connectivity index (χ3v) is 6.86. The zero-order valence-corrected chi connectivity index (χ0v) is 16.9. The van der Waals surface area contributed by atoms with Gasteiger partial charge in [-0.05, 0) is 36.6 Å². The monoisotopic (exact) mass is 412 g/mol. The van der Waals surface area contributed by atoms with Crippen LogP contribution in [0.1, 0.15) is 22.3 Å². The highest BCUT2D eigenvalue weighted by Crippen LogP contribution is 2.19. The molecule has 2 N–H and O–H groups in total. The number of anilines is 1. The van der Waals surface area contributed by atoms with Crippen molar-refractivity contribution in [2.24, 2.45) is 0 Å². The first-order valence-corrected chi connectivity index (χ1v) is 11.6. The van der Waals surface area contributed by atoms with Crippen LogP contribution in [0.3, 0.4) is 0 Å². The van der Waals surface area contributed by atoms with Crippen LogP contribution in [-0.2, 0) is 16.3 Å². The molecule has 0 radical (unpaired) electrons. The maximum Gasteiger partial charge on any atom is 0.255 e. The Labute approximate surface area is 170 Å². The zero-order valence-electron chi connectivity index (χ0n) is 16.1. The van der Waals surface area contributed by atoms with Gasteiger partial charge in [0.25, 0.3) is 5.91 Å². The van der Waals surface area contributed by atoms with E-state index < -0.39 is 9.84 Å². The van der Waals surface area contributed by atoms with Crippen LogP contribution in [0.25, 0.3) is 10.9 Å². The minimum atomic E-state index is -3.00. The molecule has 0 bridgehead atoms. The van der Waals surface area contributed by atoms with Crippen LogP contribution >= 0.6 is 0 Å². The lowest BCUT2D eigenvalue weighted by molar-refractivity contribution is 0.0770. The highest BCUT2D eigenvalue weighted by Gasteiger charge is 2.25. The maximum atomic E-state index is 12.5. The van der Waals surface area contributed by atoms with Gasteiger partial charge >= 0.3 is 0 Å². The van der Waals surface area contributed by atoms with E-state index in [1.54, 1.807) is 23.2 Å². The molecule has 1 aliphatic heterocycles. The smallest absolute Gasteiger partial charge is 0.255 e. The highest BCUT2D eigenvalue weighted by molar-refractivity contribution is 7.91. The average Bonchev–Trinajstić information content (AvgIpc) is 3.14. The number of aromatic amines is 1. The molecule has 1 fully saturated rings. The Morgan fingerprint density at radius 1 is 1.14 bits per heavy atom. The molecular weight excluding hydrogens is 388 g/mol. The van der Waals surface area contributed by atoms with E-state index >= 15 is 0 Å². The van der Waals surface area contributed by atoms with Crippen LogP contribution in [0.5, 0.6) is 0 Å². The summed E-state index contributed by atoms with van der Waals surface area (Å²) in [5.41, 5.74) is 2.94. The largest absolute Gasteiger partial charge is 0.370 e. The first-order valence-electron chi connectivity index (χ1n) is 9.76. The van der Waals surface area contributed by atoms with Crippen LogP contribution in [0.2, 0.25) is 0 Å². The molecule has 29 heavy (non-hydrogen) atoms. The molecule has 2 aromatic heterocycles. The summed E-state index contributed by atoms with van der Waals surface area (Å²) in [6.07, 6.45) is 5.54. The molecule has 4 rings (SSSR count). The molecule has 1 saturated heterocycles. The molecule has 7 nitrogen and oxygen atoms in total. The van der Waals surface area contributed by atoms with Crippen LogP contribution in [-0.4, -0.2) is 60.3 Å². The molecule has 3 aromatic rings. The van der Waals surface area contributed by atoms with Crippen molar-refractivity contribution in [2.45, 2.75) is 12.8 Å². The number of para-hydroxylation sites is 1. The van der Waals surface area contributed by atoms with Gasteiger partial charge in [0.05, 0.1) is 17.1 Å². The number of nitrogens with zero attached hydrogens (tertiary/aromatic N) is 2. The van der Waals surface area contributed by atoms with Crippen molar-refractivity contribution in [3.8, 4) is 0 Å². The lowest BCUT2D eigenvalue weighted by Gasteiger charge is -2.26. The van der Waals surface area contributed by atoms with Crippen molar-refractivity contribution in [3.63, 3.8) is 0 Å². The topological polar surface area (TPSA) is 95.2 Å². The van der Waals surface area contributed by atoms with Crippen molar-refractivity contribution >= 4 is 32.5 Å². The van der Waals surface area contributed by atoms with E-state index in [0.717, 1.165) is 30.7 Å². The Kier molecular flexibility index (Phi) is 5.53. The Balaban J connectivity index is 1.27. The minimum absolute atomic E-state index is 0.0300. The standard InChI is InChI=1S/C21H24N4O3S/c26-21(25-10-12-29(27,28)13-11-25)17-7-8-20(24-15-17)22-9-3-4-16-14-23-19-6-2-1-5-18(16)19/h1-2,5-8,14-15,23H,3-4,9-13H2,(H,22,24). The van der Waals surface area contributed by atoms with Crippen molar-refractivity contribution in [3.05, 3.63) is 59.9 Å². The number of carbonyl (C=O) groups excluding carboxylic acids is 1. The van der Waals surface area contributed by atoms with Gasteiger partial charge in [-0.1, -0.05) is 18.2 Å². The molecule has 1 amide bonds. The zero-order chi connectivity index (χ0) is 20.3. The van der Waals surface area contributed by atoms with Gasteiger partial charge in [0.1, 0.15) is 5.82 Å². The van der Waals surface area contributed by atoms with E-state index in [1.807, 2.05) is 12.1 Å². The number of sulfone groups is 1. The van der Waals surface area contributed by atoms with E-state index in [4.69, 9.17) is 0 Å². The number of H-pyrrole nitrogens is 1. The number of rotatable bonds is 6. The molecule has 0 atom stereocenters. The quantitative estimate of drug-likeness (QED) is 0.607. The number of carbonyl (C=O) groups is 1. The number of nitrogens with one attached hydrogen (secondary N) is 2. The molecule has 0 spiro atoms. The number of amides is 1. The molecule has 0 saturated carbocycles. The van der Waals surface area contributed by atoms with E-state index in [9.17, 15) is 13.2 Å². The summed E-state index contributed by atoms with van der Waals surface area (Å²) in [5, 5.41) is 4.55. The van der Waals surface area contributed by atoms with Crippen LogP contribution in [0.15, 0.2) is 48.8 Å². The van der Waals surface area contributed by atoms with Crippen molar-refractivity contribution in [2.75, 3.05) is 36.5 Å². The van der Waals surface area contributed by atoms with Crippen LogP contribution in [0.4, 0.5) is 5.82 Å². The summed E-state index contributed by atoms with van der Waals surface area (Å²) in [7, 11) is -3.00. The van der Waals surface area contributed by atoms with Crippen molar-refractivity contribution in [1.82, 2.24) is 14.9 Å². The lowest BCUT2D eigenvalue weighted by Crippen LogP contribution is -2.43. The Bertz CT molecular complexity index is 1090. The average molecular weight is 413 g/mol. The summed E-state index contributed by atoms with van der Waals surface area (Å²) in [4.78, 5) is 21.7. The lowest BCUT2D eigenvalue weighted by atomic mass is 10.1. The van der Waals surface area contributed by atoms with Gasteiger partial charge < -0.3 is 15.2 Å². The Hall–Kier alpha value is -2.87. The summed E-state index contributed by atoms with van der Waals surface area (Å²) in [6.45, 7) is 1.27. The number of hydrogen-bond acceptors (Lipinski definition) is 5. The van der Waals surface area contributed by atoms with E-state index in [0.29, 0.717) is 5.56 Å². The minimum Gasteiger partial charge on any atom is -0.370 e. The molecule has 8 heteroatoms. The second-order valence-electron chi connectivity index (χ2n) is 7.27. The normalized spacial score (nSPS) is 16.1. The van der Waals surface area contributed by atoms with Crippen molar-refractivity contribution in [1.29, 1.82) is 0 Å². The molecular formula is C21H24N4O3S. The molecule has 3 heterocycles. The van der Waals surface area contributed by atoms with Gasteiger partial charge in [0.15, 0.2) is 9.84 Å². The van der Waals surface area contributed by atoms with E-state index in [1.165, 1.54) is 10.9 Å². The molecule has 0 aliphatic carbocycles. The number of hydrogen-bond donors (Lipinski definition) is 2. The third-order valence-electron chi connectivity index (χ3n) is 5.25. The second kappa shape index (κ2) is 8.24. The summed E-state index contributed by atoms with van der Waals surface area (Å²) in [5.74, 6) is 0.616. The third kappa shape index (κ3) is 4.59. The second-order valence-corrected chi connectivity index (χ2v) is 9.57. The number of aromatic nitrogens is 2. The molecule has 1 aromatic carbocycles. The number of aryl methyl sites for hydroxylation is 1. The Morgan fingerprint density at radius 2 is 1.93 bits per heavy atom. The number of fused-ring (bicyclic) bond motifs is 1. The van der Waals surface area contributed by atoms with Gasteiger partial charge in [-0.15, -0.1) is 0 Å². The van der Waals surface area contributed by atoms with Gasteiger partial charge in [-0.3, -0.25) is 4.79 Å². The fourth-order valence-corrected chi connectivity index (χ4v) is 4.76. The predicted octanol–water partition coefficient (Wildman–Crippen LogP) is 2.48. The van der Waals surface area contributed by atoms with Crippen LogP contribution < -0.4 is 5.32 Å². The van der Waals surface area contributed by atoms with Gasteiger partial charge in [0, 0.05) is 42.9 Å². The highest BCUT2D eigenvalue weighted by atomic mass is 32.2. The van der Waals surface area contributed by atoms with Gasteiger partial charge in [-0.2, -0.15) is 0 Å². The molecule has 0 unspecified atom stereocenters. The summed E-state index contributed by atoms with van der Waals surface area (Å²) in [6, 6.07) is 11.8. The fourth-order valence-electron chi connectivity index (χ4n) is 3.56. The molecule has 1 aliphatic rings. The molecule has 152 valence electrons. The Morgan fingerprint density at radius 3 is 2.69 bits per heavy atom. The van der Waals surface area contributed by atoms with Gasteiger partial charge in [-0.25, -0.2) is 13.4 Å². The predicted molar refractivity (Wildman–Crippen MR) is 114 cm³/mol. The van der Waals surface area contributed by atoms with E-state index in [2.05, 4.69) is 33.6 Å². The van der Waals surface area contributed by atoms with E-state index in [-0.39, 0.29) is 30.5 Å². The fraction of sp³-hybridized carbons (Fsp3) is 0.333. The first kappa shape index (κ1) is 19.4. The van der Waals surface area contributed by atoms with Crippen molar-refractivity contribution < 1.29 is 13.2 Å². The number of benzene rings is 1.